The summed E-state index contributed by atoms with van der Waals surface area (Å²) in [6.07, 6.45) is 9.90. The Hall–Kier alpha value is 2.04. The van der Waals surface area contributed by atoms with E-state index >= 15 is 0 Å². The molecule has 0 rings (SSSR count). The van der Waals surface area contributed by atoms with E-state index in [1.807, 2.05) is 0 Å². The van der Waals surface area contributed by atoms with Crippen LogP contribution >= 0.6 is 12.8 Å². The molecular weight excluding hydrogens is 196 g/mol. The number of nitrogens with zero attached hydrogens (tertiary/aromatic N) is 1. The first-order chi connectivity index (χ1) is 3.15. The molecule has 0 unspecified atom stereocenters. The first-order valence-electron chi connectivity index (χ1n) is 1.08. The average Bonchev–Trinajstić information content (AvgIpc) is 1.33. The van der Waals surface area contributed by atoms with E-state index in [1.165, 1.54) is 0 Å². The SMILES string of the molecule is O=[N+]([O-])[O-].[Cl][Ca][Cl].[Na+]. The Morgan fingerprint density at radius 1 is 1.38 bits per heavy atom. The summed E-state index contributed by atoms with van der Waals surface area (Å²) >= 11 is -0.931. The van der Waals surface area contributed by atoms with Gasteiger partial charge >= 0.3 is 73.2 Å². The van der Waals surface area contributed by atoms with E-state index in [1.54, 1.807) is 0 Å². The molecule has 40 valence electrons. The van der Waals surface area contributed by atoms with Crippen LogP contribution in [0.4, 0.5) is 0 Å². The van der Waals surface area contributed by atoms with Gasteiger partial charge in [0.25, 0.3) is 0 Å². The largest absolute Gasteiger partial charge is 1.00 e. The van der Waals surface area contributed by atoms with Crippen LogP contribution in [0, 0.1) is 15.3 Å². The Bertz CT molecular complexity index is 48.5. The minimum Gasteiger partial charge on any atom is 1.00 e. The van der Waals surface area contributed by atoms with Crippen LogP contribution in [0.1, 0.15) is 0 Å². The predicted molar refractivity (Wildman–Crippen MR) is 27.8 cm³/mol. The number of halogens is 2. The average molecular weight is 196 g/mol. The molecule has 0 bridgehead atoms. The van der Waals surface area contributed by atoms with E-state index < -0.39 is 35.9 Å². The van der Waals surface area contributed by atoms with Crippen molar-refractivity contribution in [1.82, 2.24) is 0 Å². The van der Waals surface area contributed by atoms with E-state index in [9.17, 15) is 0 Å². The summed E-state index contributed by atoms with van der Waals surface area (Å²) < 4.78 is 0. The maximum Gasteiger partial charge on any atom is 1.00 e. The third-order valence-corrected chi connectivity index (χ3v) is 0. The summed E-state index contributed by atoms with van der Waals surface area (Å²) in [6.45, 7) is 0. The predicted octanol–water partition coefficient (Wildman–Crippen LogP) is -2.24. The Balaban J connectivity index is -0.0000000575. The quantitative estimate of drug-likeness (QED) is 0.250. The van der Waals surface area contributed by atoms with Crippen LogP contribution in [0.5, 0.6) is 0 Å². The Morgan fingerprint density at radius 2 is 1.38 bits per heavy atom. The number of hydrogen-bond donors (Lipinski definition) is 0. The molecule has 0 amide bonds. The van der Waals surface area contributed by atoms with Gasteiger partial charge in [-0.3, -0.25) is 0 Å². The zero-order valence-corrected chi connectivity index (χ0v) is 9.86. The topological polar surface area (TPSA) is 66.2 Å². The second-order valence-electron chi connectivity index (χ2n) is 0.325. The van der Waals surface area contributed by atoms with Crippen molar-refractivity contribution in [3.8, 4) is 0 Å². The van der Waals surface area contributed by atoms with Crippen molar-refractivity contribution in [1.29, 1.82) is 0 Å². The first-order valence-corrected chi connectivity index (χ1v) is 7.16. The molecule has 4 nitrogen and oxygen atoms in total. The molecule has 0 aliphatic heterocycles. The maximum atomic E-state index is 8.25. The second-order valence-corrected chi connectivity index (χ2v) is 3.97. The molecule has 0 aliphatic rings. The van der Waals surface area contributed by atoms with Crippen molar-refractivity contribution < 1.29 is 34.6 Å². The van der Waals surface area contributed by atoms with Gasteiger partial charge in [0.15, 0.2) is 0 Å². The van der Waals surface area contributed by atoms with Crippen molar-refractivity contribution in [2.24, 2.45) is 0 Å². The van der Waals surface area contributed by atoms with E-state index in [4.69, 9.17) is 28.1 Å². The summed E-state index contributed by atoms with van der Waals surface area (Å²) in [6, 6.07) is 0. The van der Waals surface area contributed by atoms with Crippen LogP contribution in [0.2, 0.25) is 0 Å². The van der Waals surface area contributed by atoms with Gasteiger partial charge in [-0.25, -0.2) is 0 Å². The van der Waals surface area contributed by atoms with Gasteiger partial charge in [-0.05, 0) is 0 Å². The van der Waals surface area contributed by atoms with Crippen molar-refractivity contribution in [3.05, 3.63) is 15.3 Å². The number of hydrogen-bond acceptors (Lipinski definition) is 3. The van der Waals surface area contributed by atoms with Crippen molar-refractivity contribution in [2.45, 2.75) is 0 Å². The maximum absolute atomic E-state index is 8.25. The van der Waals surface area contributed by atoms with E-state index in [-0.39, 0.29) is 29.6 Å². The minimum absolute atomic E-state index is 0. The molecule has 0 radical (unpaired) electrons. The van der Waals surface area contributed by atoms with Gasteiger partial charge in [-0.1, -0.05) is 0 Å². The second kappa shape index (κ2) is 16.0. The van der Waals surface area contributed by atoms with Gasteiger partial charge in [-0.15, -0.1) is 0 Å². The van der Waals surface area contributed by atoms with Crippen LogP contribution in [-0.4, -0.2) is 35.9 Å². The molecule has 0 aromatic rings. The minimum atomic E-state index is -1.75. The summed E-state index contributed by atoms with van der Waals surface area (Å²) in [5, 5.41) is 14.8. The summed E-state index contributed by atoms with van der Waals surface area (Å²) in [7, 11) is 0. The molecule has 0 saturated carbocycles. The smallest absolute Gasteiger partial charge is 1.00 e. The van der Waals surface area contributed by atoms with Gasteiger partial charge in [0, 0.05) is 0 Å². The molecule has 0 N–H and O–H groups in total. The van der Waals surface area contributed by atoms with Crippen LogP contribution in [0.3, 0.4) is 0 Å². The van der Waals surface area contributed by atoms with Crippen molar-refractivity contribution in [2.75, 3.05) is 0 Å². The molecule has 0 atom stereocenters. The third-order valence-electron chi connectivity index (χ3n) is 0. The van der Waals surface area contributed by atoms with Crippen LogP contribution in [0.25, 0.3) is 0 Å². The molecule has 8 heavy (non-hydrogen) atoms. The summed E-state index contributed by atoms with van der Waals surface area (Å²) in [5.41, 5.74) is 0. The van der Waals surface area contributed by atoms with Gasteiger partial charge in [0.05, 0.1) is 5.09 Å². The van der Waals surface area contributed by atoms with Crippen LogP contribution in [0.15, 0.2) is 0 Å². The molecule has 0 aliphatic carbocycles. The van der Waals surface area contributed by atoms with Crippen LogP contribution in [-0.2, 0) is 0 Å². The molecule has 0 saturated heterocycles. The van der Waals surface area contributed by atoms with E-state index in [0.29, 0.717) is 0 Å². The Labute approximate surface area is 91.7 Å². The van der Waals surface area contributed by atoms with Gasteiger partial charge in [0.2, 0.25) is 0 Å². The van der Waals surface area contributed by atoms with Crippen molar-refractivity contribution in [3.63, 3.8) is 0 Å². The van der Waals surface area contributed by atoms with E-state index in [2.05, 4.69) is 0 Å². The zero-order valence-electron chi connectivity index (χ0n) is 4.13. The molecule has 8 heteroatoms. The Morgan fingerprint density at radius 3 is 1.38 bits per heavy atom. The molecular formula is CaCl2NNaO3. The van der Waals surface area contributed by atoms with Gasteiger partial charge in [0.1, 0.15) is 0 Å². The standard InChI is InChI=1S/Ca.2ClH.NO3.Na/c;;;2-1(3)4;/h;2*1H;;/q+2;;;-1;+1/p-2. The van der Waals surface area contributed by atoms with E-state index in [0.717, 1.165) is 0 Å². The van der Waals surface area contributed by atoms with Gasteiger partial charge in [-0.2, -0.15) is 0 Å². The third kappa shape index (κ3) is 95.8. The first kappa shape index (κ1) is 16.6. The molecule has 0 aromatic heterocycles. The fourth-order valence-corrected chi connectivity index (χ4v) is 0. The van der Waals surface area contributed by atoms with Crippen LogP contribution < -0.4 is 29.6 Å². The fourth-order valence-electron chi connectivity index (χ4n) is 0. The summed E-state index contributed by atoms with van der Waals surface area (Å²) in [4.78, 5) is 8.25. The fraction of sp³-hybridized carbons (Fsp3) is 0. The zero-order chi connectivity index (χ0) is 6.28. The molecule has 0 aromatic carbocycles. The Kier molecular flexibility index (Phi) is 33.1. The summed E-state index contributed by atoms with van der Waals surface area (Å²) in [5.74, 6) is 0. The molecule has 0 fully saturated rings. The number of rotatable bonds is 0. The molecule has 0 heterocycles. The van der Waals surface area contributed by atoms with Crippen molar-refractivity contribution >= 4 is 43.6 Å². The normalized spacial score (nSPS) is 4.25. The molecule has 0 spiro atoms. The monoisotopic (exact) mass is 195 g/mol. The van der Waals surface area contributed by atoms with Gasteiger partial charge < -0.3 is 15.3 Å².